The van der Waals surface area contributed by atoms with Gasteiger partial charge in [-0.3, -0.25) is 0 Å². The third-order valence-corrected chi connectivity index (χ3v) is 2.88. The lowest BCUT2D eigenvalue weighted by Crippen LogP contribution is -2.53. The fourth-order valence-electron chi connectivity index (χ4n) is 2.08. The minimum absolute atomic E-state index is 0.0790. The number of hydrogen-bond donors (Lipinski definition) is 0. The van der Waals surface area contributed by atoms with E-state index in [-0.39, 0.29) is 5.56 Å². The minimum Gasteiger partial charge on any atom is -0.349 e. The Bertz CT molecular complexity index is 459. The second kappa shape index (κ2) is 3.63. The highest BCUT2D eigenvalue weighted by Crippen LogP contribution is 2.56. The summed E-state index contributed by atoms with van der Waals surface area (Å²) in [5, 5.41) is 0. The summed E-state index contributed by atoms with van der Waals surface area (Å²) in [5.74, 6) is 0. The Morgan fingerprint density at radius 3 is 2.11 bits per heavy atom. The van der Waals surface area contributed by atoms with E-state index in [2.05, 4.69) is 4.74 Å². The van der Waals surface area contributed by atoms with Crippen molar-refractivity contribution in [3.63, 3.8) is 0 Å². The number of rotatable bonds is 0. The Balaban J connectivity index is 2.69. The molecular weight excluding hydrogens is 262 g/mol. The van der Waals surface area contributed by atoms with E-state index < -0.39 is 30.1 Å². The first-order valence-electron chi connectivity index (χ1n) is 4.97. The van der Waals surface area contributed by atoms with Crippen molar-refractivity contribution in [3.05, 3.63) is 34.9 Å². The van der Waals surface area contributed by atoms with Gasteiger partial charge in [0.2, 0.25) is 0 Å². The second-order valence-corrected chi connectivity index (χ2v) is 4.13. The zero-order chi connectivity index (χ0) is 13.8. The van der Waals surface area contributed by atoms with Crippen LogP contribution in [0.15, 0.2) is 18.2 Å². The lowest BCUT2D eigenvalue weighted by molar-refractivity contribution is -0.385. The molecule has 1 aliphatic rings. The van der Waals surface area contributed by atoms with Gasteiger partial charge in [0, 0.05) is 5.56 Å². The largest absolute Gasteiger partial charge is 0.430 e. The first-order valence-corrected chi connectivity index (χ1v) is 4.97. The molecule has 18 heavy (non-hydrogen) atoms. The van der Waals surface area contributed by atoms with Gasteiger partial charge in [0.05, 0.1) is 6.61 Å². The SMILES string of the molecule is Cc1ccc2c(c1)COC2(C(F)(F)F)C(F)(F)F. The van der Waals surface area contributed by atoms with Gasteiger partial charge in [0.1, 0.15) is 0 Å². The van der Waals surface area contributed by atoms with Gasteiger partial charge in [-0.2, -0.15) is 26.3 Å². The van der Waals surface area contributed by atoms with Crippen molar-refractivity contribution in [3.8, 4) is 0 Å². The van der Waals surface area contributed by atoms with Gasteiger partial charge in [-0.05, 0) is 12.5 Å². The van der Waals surface area contributed by atoms with E-state index in [0.29, 0.717) is 5.56 Å². The highest BCUT2D eigenvalue weighted by atomic mass is 19.4. The van der Waals surface area contributed by atoms with Crippen molar-refractivity contribution in [2.45, 2.75) is 31.5 Å². The van der Waals surface area contributed by atoms with Gasteiger partial charge in [-0.25, -0.2) is 0 Å². The molecule has 1 aromatic rings. The second-order valence-electron chi connectivity index (χ2n) is 4.13. The molecule has 0 amide bonds. The van der Waals surface area contributed by atoms with Crippen molar-refractivity contribution >= 4 is 0 Å². The van der Waals surface area contributed by atoms with Crippen molar-refractivity contribution < 1.29 is 31.1 Å². The summed E-state index contributed by atoms with van der Waals surface area (Å²) >= 11 is 0. The van der Waals surface area contributed by atoms with Crippen LogP contribution in [0.2, 0.25) is 0 Å². The molecule has 0 spiro atoms. The van der Waals surface area contributed by atoms with E-state index in [9.17, 15) is 26.3 Å². The Morgan fingerprint density at radius 2 is 1.61 bits per heavy atom. The summed E-state index contributed by atoms with van der Waals surface area (Å²) in [6, 6.07) is 3.31. The monoisotopic (exact) mass is 270 g/mol. The number of halogens is 6. The molecule has 1 aliphatic heterocycles. The summed E-state index contributed by atoms with van der Waals surface area (Å²) in [4.78, 5) is 0. The Morgan fingerprint density at radius 1 is 1.06 bits per heavy atom. The summed E-state index contributed by atoms with van der Waals surface area (Å²) in [6.07, 6.45) is -11.1. The molecule has 0 saturated carbocycles. The first-order chi connectivity index (χ1) is 8.09. The number of ether oxygens (including phenoxy) is 1. The van der Waals surface area contributed by atoms with Crippen LogP contribution in [0.5, 0.6) is 0 Å². The molecule has 2 rings (SSSR count). The molecule has 0 saturated heterocycles. The van der Waals surface area contributed by atoms with Gasteiger partial charge in [-0.15, -0.1) is 0 Å². The van der Waals surface area contributed by atoms with Crippen LogP contribution in [0.4, 0.5) is 26.3 Å². The highest BCUT2D eigenvalue weighted by molar-refractivity contribution is 5.40. The zero-order valence-corrected chi connectivity index (χ0v) is 9.12. The van der Waals surface area contributed by atoms with Crippen molar-refractivity contribution in [2.75, 3.05) is 0 Å². The maximum atomic E-state index is 12.8. The fraction of sp³-hybridized carbons (Fsp3) is 0.455. The van der Waals surface area contributed by atoms with Crippen LogP contribution in [0.25, 0.3) is 0 Å². The maximum absolute atomic E-state index is 12.8. The standard InChI is InChI=1S/C11H8F6O/c1-6-2-3-8-7(4-6)5-18-9(8,10(12,13)14)11(15,16)17/h2-4H,5H2,1H3. The predicted molar refractivity (Wildman–Crippen MR) is 49.8 cm³/mol. The number of benzene rings is 1. The quantitative estimate of drug-likeness (QED) is 0.651. The molecule has 0 N–H and O–H groups in total. The van der Waals surface area contributed by atoms with Crippen LogP contribution in [-0.4, -0.2) is 12.4 Å². The molecule has 0 aliphatic carbocycles. The Kier molecular flexibility index (Phi) is 2.66. The Hall–Kier alpha value is -1.24. The molecule has 0 radical (unpaired) electrons. The van der Waals surface area contributed by atoms with Crippen LogP contribution in [-0.2, 0) is 16.9 Å². The minimum atomic E-state index is -5.55. The van der Waals surface area contributed by atoms with Gasteiger partial charge in [0.15, 0.2) is 0 Å². The van der Waals surface area contributed by atoms with E-state index >= 15 is 0 Å². The highest BCUT2D eigenvalue weighted by Gasteiger charge is 2.75. The summed E-state index contributed by atoms with van der Waals surface area (Å²) in [7, 11) is 0. The average molecular weight is 270 g/mol. The van der Waals surface area contributed by atoms with E-state index in [1.807, 2.05) is 0 Å². The predicted octanol–water partition coefficient (Wildman–Crippen LogP) is 3.85. The van der Waals surface area contributed by atoms with Crippen LogP contribution in [0, 0.1) is 6.92 Å². The number of fused-ring (bicyclic) bond motifs is 1. The molecule has 100 valence electrons. The van der Waals surface area contributed by atoms with E-state index in [0.717, 1.165) is 6.07 Å². The normalized spacial score (nSPS) is 18.8. The third-order valence-electron chi connectivity index (χ3n) is 2.88. The molecule has 7 heteroatoms. The fourth-order valence-corrected chi connectivity index (χ4v) is 2.08. The number of aryl methyl sites for hydroxylation is 1. The molecule has 0 atom stereocenters. The van der Waals surface area contributed by atoms with Crippen LogP contribution in [0.3, 0.4) is 0 Å². The van der Waals surface area contributed by atoms with E-state index in [1.165, 1.54) is 12.1 Å². The van der Waals surface area contributed by atoms with Crippen molar-refractivity contribution in [1.82, 2.24) is 0 Å². The molecular formula is C11H8F6O. The smallest absolute Gasteiger partial charge is 0.349 e. The van der Waals surface area contributed by atoms with Gasteiger partial charge < -0.3 is 4.74 Å². The van der Waals surface area contributed by atoms with Gasteiger partial charge in [0.25, 0.3) is 5.60 Å². The topological polar surface area (TPSA) is 9.23 Å². The number of alkyl halides is 6. The van der Waals surface area contributed by atoms with Gasteiger partial charge in [-0.1, -0.05) is 23.8 Å². The molecule has 0 unspecified atom stereocenters. The molecule has 0 aromatic heterocycles. The molecule has 0 fully saturated rings. The van der Waals surface area contributed by atoms with E-state index in [4.69, 9.17) is 0 Å². The molecule has 1 heterocycles. The molecule has 0 bridgehead atoms. The van der Waals surface area contributed by atoms with Crippen molar-refractivity contribution in [2.24, 2.45) is 0 Å². The summed E-state index contributed by atoms with van der Waals surface area (Å²) in [5.41, 5.74) is -4.57. The summed E-state index contributed by atoms with van der Waals surface area (Å²) < 4.78 is 81.2. The lowest BCUT2D eigenvalue weighted by atomic mass is 9.90. The lowest BCUT2D eigenvalue weighted by Gasteiger charge is -2.33. The first kappa shape index (κ1) is 13.2. The summed E-state index contributed by atoms with van der Waals surface area (Å²) in [6.45, 7) is 0.886. The molecule has 1 aromatic carbocycles. The van der Waals surface area contributed by atoms with Crippen molar-refractivity contribution in [1.29, 1.82) is 0 Å². The van der Waals surface area contributed by atoms with Crippen LogP contribution in [0.1, 0.15) is 16.7 Å². The molecule has 1 nitrogen and oxygen atoms in total. The van der Waals surface area contributed by atoms with Crippen LogP contribution >= 0.6 is 0 Å². The number of hydrogen-bond acceptors (Lipinski definition) is 1. The zero-order valence-electron chi connectivity index (χ0n) is 9.12. The van der Waals surface area contributed by atoms with Crippen LogP contribution < -0.4 is 0 Å². The van der Waals surface area contributed by atoms with E-state index in [1.54, 1.807) is 6.92 Å². The average Bonchev–Trinajstić information content (AvgIpc) is 2.54. The van der Waals surface area contributed by atoms with Gasteiger partial charge >= 0.3 is 12.4 Å². The Labute approximate surface area is 98.4 Å². The maximum Gasteiger partial charge on any atom is 0.430 e. The third kappa shape index (κ3) is 1.60.